The van der Waals surface area contributed by atoms with Crippen LogP contribution in [-0.2, 0) is 12.8 Å². The van der Waals surface area contributed by atoms with Gasteiger partial charge in [-0.2, -0.15) is 0 Å². The predicted octanol–water partition coefficient (Wildman–Crippen LogP) is 5.49. The van der Waals surface area contributed by atoms with E-state index in [-0.39, 0.29) is 0 Å². The van der Waals surface area contributed by atoms with E-state index in [1.807, 2.05) is 0 Å². The molecular formula is C22H20. The third-order valence-corrected chi connectivity index (χ3v) is 5.67. The Morgan fingerprint density at radius 2 is 1.14 bits per heavy atom. The Kier molecular flexibility index (Phi) is 2.67. The molecule has 0 radical (unpaired) electrons. The number of benzene rings is 2. The average molecular weight is 284 g/mol. The van der Waals surface area contributed by atoms with E-state index < -0.39 is 0 Å². The zero-order chi connectivity index (χ0) is 14.5. The van der Waals surface area contributed by atoms with Gasteiger partial charge < -0.3 is 0 Å². The SMILES string of the molecule is C1=CC2CCC3C=Cc4cccc(c43)CCc3cccc1c32. The van der Waals surface area contributed by atoms with Gasteiger partial charge in [0.25, 0.3) is 0 Å². The molecule has 0 saturated heterocycles. The normalized spacial score (nSPS) is 24.2. The van der Waals surface area contributed by atoms with Crippen LogP contribution in [0.1, 0.15) is 58.1 Å². The fourth-order valence-corrected chi connectivity index (χ4v) is 4.64. The molecule has 2 atom stereocenters. The Morgan fingerprint density at radius 3 is 1.64 bits per heavy atom. The summed E-state index contributed by atoms with van der Waals surface area (Å²) in [4.78, 5) is 0. The summed E-state index contributed by atoms with van der Waals surface area (Å²) >= 11 is 0. The minimum Gasteiger partial charge on any atom is -0.0764 e. The molecule has 2 aromatic rings. The number of hydrogen-bond donors (Lipinski definition) is 0. The van der Waals surface area contributed by atoms with Gasteiger partial charge in [0.05, 0.1) is 0 Å². The van der Waals surface area contributed by atoms with Gasteiger partial charge in [-0.15, -0.1) is 0 Å². The van der Waals surface area contributed by atoms with Gasteiger partial charge in [0.1, 0.15) is 0 Å². The Labute approximate surface area is 132 Å². The lowest BCUT2D eigenvalue weighted by molar-refractivity contribution is 0.628. The number of rotatable bonds is 0. The fraction of sp³-hybridized carbons (Fsp3) is 0.273. The van der Waals surface area contributed by atoms with Crippen LogP contribution in [0, 0.1) is 0 Å². The molecule has 0 nitrogen and oxygen atoms in total. The largest absolute Gasteiger partial charge is 0.0764 e. The van der Waals surface area contributed by atoms with Gasteiger partial charge in [-0.25, -0.2) is 0 Å². The Balaban J connectivity index is 1.62. The standard InChI is InChI=1S/C22H20/c1-3-15-7-8-16-4-2-6-18-10-12-20(22(16)18)14-13-19-11-9-17(5-1)21(15)19/h1-6,9-12,19-20H,7-8,13-14H2. The molecule has 0 spiro atoms. The Morgan fingerprint density at radius 1 is 0.636 bits per heavy atom. The van der Waals surface area contributed by atoms with Crippen molar-refractivity contribution in [3.8, 4) is 0 Å². The number of allylic oxidation sites excluding steroid dienone is 2. The molecule has 0 N–H and O–H groups in total. The lowest BCUT2D eigenvalue weighted by atomic mass is 9.82. The summed E-state index contributed by atoms with van der Waals surface area (Å²) in [5.41, 5.74) is 9.27. The van der Waals surface area contributed by atoms with E-state index in [0.29, 0.717) is 11.8 Å². The first-order valence-electron chi connectivity index (χ1n) is 8.50. The molecular weight excluding hydrogens is 264 g/mol. The molecule has 0 saturated carbocycles. The highest BCUT2D eigenvalue weighted by atomic mass is 14.3. The minimum atomic E-state index is 0.633. The summed E-state index contributed by atoms with van der Waals surface area (Å²) in [6.45, 7) is 0. The van der Waals surface area contributed by atoms with Crippen LogP contribution in [0.5, 0.6) is 0 Å². The molecule has 0 amide bonds. The molecule has 3 aliphatic rings. The van der Waals surface area contributed by atoms with Gasteiger partial charge >= 0.3 is 0 Å². The van der Waals surface area contributed by atoms with E-state index in [1.54, 1.807) is 22.3 Å². The highest BCUT2D eigenvalue weighted by molar-refractivity contribution is 5.66. The quantitative estimate of drug-likeness (QED) is 0.600. The number of hydrogen-bond acceptors (Lipinski definition) is 0. The fourth-order valence-electron chi connectivity index (χ4n) is 4.64. The van der Waals surface area contributed by atoms with Crippen molar-refractivity contribution in [2.75, 3.05) is 0 Å². The molecule has 108 valence electrons. The maximum absolute atomic E-state index is 2.43. The third kappa shape index (κ3) is 1.76. The van der Waals surface area contributed by atoms with Crippen LogP contribution < -0.4 is 0 Å². The van der Waals surface area contributed by atoms with Gasteiger partial charge in [0.2, 0.25) is 0 Å². The molecule has 0 aliphatic heterocycles. The van der Waals surface area contributed by atoms with Gasteiger partial charge in [0, 0.05) is 11.8 Å². The molecule has 0 heteroatoms. The van der Waals surface area contributed by atoms with Crippen LogP contribution in [-0.4, -0.2) is 0 Å². The molecule has 0 fully saturated rings. The monoisotopic (exact) mass is 284 g/mol. The van der Waals surface area contributed by atoms with Crippen LogP contribution >= 0.6 is 0 Å². The first-order chi connectivity index (χ1) is 10.9. The second-order valence-electron chi connectivity index (χ2n) is 6.85. The van der Waals surface area contributed by atoms with E-state index in [0.717, 1.165) is 0 Å². The zero-order valence-corrected chi connectivity index (χ0v) is 12.8. The van der Waals surface area contributed by atoms with Crippen LogP contribution in [0.4, 0.5) is 0 Å². The van der Waals surface area contributed by atoms with Crippen LogP contribution in [0.3, 0.4) is 0 Å². The van der Waals surface area contributed by atoms with Crippen molar-refractivity contribution >= 4 is 12.2 Å². The molecule has 22 heavy (non-hydrogen) atoms. The maximum atomic E-state index is 2.43. The smallest absolute Gasteiger partial charge is 0.00302 e. The highest BCUT2D eigenvalue weighted by Crippen LogP contribution is 2.43. The first-order valence-corrected chi connectivity index (χ1v) is 8.50. The summed E-state index contributed by atoms with van der Waals surface area (Å²) in [6.07, 6.45) is 14.4. The van der Waals surface area contributed by atoms with E-state index in [4.69, 9.17) is 0 Å². The van der Waals surface area contributed by atoms with Crippen molar-refractivity contribution in [1.82, 2.24) is 0 Å². The summed E-state index contributed by atoms with van der Waals surface area (Å²) in [7, 11) is 0. The van der Waals surface area contributed by atoms with Crippen molar-refractivity contribution in [1.29, 1.82) is 0 Å². The van der Waals surface area contributed by atoms with Crippen molar-refractivity contribution in [2.24, 2.45) is 0 Å². The second-order valence-corrected chi connectivity index (χ2v) is 6.85. The molecule has 0 aromatic heterocycles. The van der Waals surface area contributed by atoms with Gasteiger partial charge in [-0.1, -0.05) is 60.7 Å². The third-order valence-electron chi connectivity index (χ3n) is 5.67. The van der Waals surface area contributed by atoms with E-state index >= 15 is 0 Å². The Bertz CT molecular complexity index is 737. The summed E-state index contributed by atoms with van der Waals surface area (Å²) in [6, 6.07) is 13.7. The lowest BCUT2D eigenvalue weighted by Crippen LogP contribution is -2.08. The van der Waals surface area contributed by atoms with Crippen LogP contribution in [0.2, 0.25) is 0 Å². The van der Waals surface area contributed by atoms with E-state index in [9.17, 15) is 0 Å². The van der Waals surface area contributed by atoms with Crippen molar-refractivity contribution in [2.45, 2.75) is 37.5 Å². The highest BCUT2D eigenvalue weighted by Gasteiger charge is 2.26. The van der Waals surface area contributed by atoms with Crippen LogP contribution in [0.25, 0.3) is 12.2 Å². The molecule has 3 aliphatic carbocycles. The van der Waals surface area contributed by atoms with Crippen molar-refractivity contribution in [3.63, 3.8) is 0 Å². The first kappa shape index (κ1) is 12.5. The predicted molar refractivity (Wildman–Crippen MR) is 93.1 cm³/mol. The maximum Gasteiger partial charge on any atom is 0.00302 e. The zero-order valence-electron chi connectivity index (χ0n) is 12.8. The summed E-state index contributed by atoms with van der Waals surface area (Å²) < 4.78 is 0. The van der Waals surface area contributed by atoms with Gasteiger partial charge in [-0.05, 0) is 59.1 Å². The molecule has 0 heterocycles. The minimum absolute atomic E-state index is 0.633. The second kappa shape index (κ2) is 4.71. The number of aryl methyl sites for hydroxylation is 2. The van der Waals surface area contributed by atoms with E-state index in [2.05, 4.69) is 60.7 Å². The summed E-state index contributed by atoms with van der Waals surface area (Å²) in [5.74, 6) is 1.27. The van der Waals surface area contributed by atoms with Crippen LogP contribution in [0.15, 0.2) is 48.6 Å². The van der Waals surface area contributed by atoms with E-state index in [1.165, 1.54) is 36.8 Å². The summed E-state index contributed by atoms with van der Waals surface area (Å²) in [5, 5.41) is 0. The molecule has 0 bridgehead atoms. The Hall–Kier alpha value is -2.08. The lowest BCUT2D eigenvalue weighted by Gasteiger charge is -2.22. The molecule has 2 aromatic carbocycles. The average Bonchev–Trinajstić information content (AvgIpc) is 3.15. The molecule has 2 unspecified atom stereocenters. The topological polar surface area (TPSA) is 0 Å². The molecule has 5 rings (SSSR count). The van der Waals surface area contributed by atoms with Crippen molar-refractivity contribution < 1.29 is 0 Å². The van der Waals surface area contributed by atoms with Gasteiger partial charge in [-0.3, -0.25) is 0 Å². The van der Waals surface area contributed by atoms with Gasteiger partial charge in [0.15, 0.2) is 0 Å². The van der Waals surface area contributed by atoms with Crippen molar-refractivity contribution in [3.05, 3.63) is 81.9 Å².